The lowest BCUT2D eigenvalue weighted by Crippen LogP contribution is -2.56. The number of unbranched alkanes of at least 4 members (excludes halogenated alkanes) is 1. The summed E-state index contributed by atoms with van der Waals surface area (Å²) in [6.45, 7) is 12.4. The van der Waals surface area contributed by atoms with Gasteiger partial charge in [-0.25, -0.2) is 14.4 Å². The van der Waals surface area contributed by atoms with Gasteiger partial charge in [0.1, 0.15) is 18.1 Å². The van der Waals surface area contributed by atoms with Crippen molar-refractivity contribution in [2.75, 3.05) is 26.4 Å². The molecule has 0 saturated heterocycles. The molecule has 0 aliphatic rings. The maximum absolute atomic E-state index is 13.0. The number of carbonyl (C=O) groups excluding carboxylic acids is 4. The van der Waals surface area contributed by atoms with Crippen molar-refractivity contribution in [1.29, 1.82) is 0 Å². The zero-order valence-electron chi connectivity index (χ0n) is 22.0. The molecule has 0 rings (SSSR count). The highest BCUT2D eigenvalue weighted by Gasteiger charge is 2.30. The Balaban J connectivity index is 5.23. The first-order chi connectivity index (χ1) is 16.4. The Kier molecular flexibility index (Phi) is 16.4. The van der Waals surface area contributed by atoms with E-state index in [0.717, 1.165) is 0 Å². The van der Waals surface area contributed by atoms with E-state index in [2.05, 4.69) is 21.0 Å². The van der Waals surface area contributed by atoms with Gasteiger partial charge in [0.25, 0.3) is 0 Å². The highest BCUT2D eigenvalue weighted by Crippen LogP contribution is 2.43. The standard InChI is InChI=1S/C22H43N4O8P/c1-8-32-22(30)19(15(4)5)26-21(29)18(25-20(28)16(6)24-17(7)27)13-11-12-14-23-35(31,33-9-2)34-10-3/h15-16,18-19H,8-14H2,1-7H3,(H,23,31)(H,24,27)(H,25,28)(H,26,29)/t16-,18-,19-/m1/s1. The van der Waals surface area contributed by atoms with Crippen LogP contribution in [0.5, 0.6) is 0 Å². The van der Waals surface area contributed by atoms with Crippen LogP contribution in [0.25, 0.3) is 0 Å². The van der Waals surface area contributed by atoms with Gasteiger partial charge < -0.3 is 20.7 Å². The highest BCUT2D eigenvalue weighted by atomic mass is 31.2. The molecule has 0 aromatic heterocycles. The van der Waals surface area contributed by atoms with Crippen molar-refractivity contribution in [3.63, 3.8) is 0 Å². The van der Waals surface area contributed by atoms with Crippen molar-refractivity contribution in [2.45, 2.75) is 85.9 Å². The number of amides is 3. The van der Waals surface area contributed by atoms with Crippen LogP contribution in [0.2, 0.25) is 0 Å². The molecule has 13 heteroatoms. The number of nitrogens with one attached hydrogen (secondary N) is 4. The van der Waals surface area contributed by atoms with Crippen LogP contribution in [0.15, 0.2) is 0 Å². The summed E-state index contributed by atoms with van der Waals surface area (Å²) in [5.74, 6) is -2.24. The lowest BCUT2D eigenvalue weighted by atomic mass is 10.0. The molecule has 0 heterocycles. The maximum Gasteiger partial charge on any atom is 0.405 e. The third kappa shape index (κ3) is 13.6. The van der Waals surface area contributed by atoms with E-state index >= 15 is 0 Å². The zero-order valence-corrected chi connectivity index (χ0v) is 22.9. The summed E-state index contributed by atoms with van der Waals surface area (Å²) in [6.07, 6.45) is 1.23. The van der Waals surface area contributed by atoms with Crippen molar-refractivity contribution >= 4 is 31.4 Å². The minimum Gasteiger partial charge on any atom is -0.464 e. The summed E-state index contributed by atoms with van der Waals surface area (Å²) >= 11 is 0. The van der Waals surface area contributed by atoms with Crippen molar-refractivity contribution in [1.82, 2.24) is 21.0 Å². The first kappa shape index (κ1) is 33.0. The monoisotopic (exact) mass is 522 g/mol. The van der Waals surface area contributed by atoms with Gasteiger partial charge in [0.2, 0.25) is 17.7 Å². The molecule has 0 fully saturated rings. The second kappa shape index (κ2) is 17.4. The fourth-order valence-corrected chi connectivity index (χ4v) is 4.45. The molecule has 0 aromatic rings. The molecule has 0 spiro atoms. The Hall–Kier alpha value is -2.01. The molecule has 0 aliphatic heterocycles. The van der Waals surface area contributed by atoms with E-state index in [1.165, 1.54) is 13.8 Å². The lowest BCUT2D eigenvalue weighted by Gasteiger charge is -2.25. The Morgan fingerprint density at radius 3 is 1.91 bits per heavy atom. The summed E-state index contributed by atoms with van der Waals surface area (Å²) in [5.41, 5.74) is 0. The van der Waals surface area contributed by atoms with E-state index in [-0.39, 0.29) is 38.1 Å². The van der Waals surface area contributed by atoms with Crippen LogP contribution < -0.4 is 21.0 Å². The molecule has 12 nitrogen and oxygen atoms in total. The predicted octanol–water partition coefficient (Wildman–Crippen LogP) is 1.64. The molecule has 0 saturated carbocycles. The van der Waals surface area contributed by atoms with E-state index < -0.39 is 43.7 Å². The van der Waals surface area contributed by atoms with Gasteiger partial charge in [-0.05, 0) is 52.9 Å². The average Bonchev–Trinajstić information content (AvgIpc) is 2.75. The normalized spacial score (nSPS) is 14.1. The largest absolute Gasteiger partial charge is 0.464 e. The van der Waals surface area contributed by atoms with Crippen LogP contribution in [-0.2, 0) is 37.5 Å². The second-order valence-electron chi connectivity index (χ2n) is 8.20. The molecule has 0 aliphatic carbocycles. The molecule has 3 amide bonds. The van der Waals surface area contributed by atoms with E-state index in [0.29, 0.717) is 19.4 Å². The van der Waals surface area contributed by atoms with Gasteiger partial charge in [0.15, 0.2) is 0 Å². The quantitative estimate of drug-likeness (QED) is 0.119. The number of esters is 1. The van der Waals surface area contributed by atoms with Crippen LogP contribution in [-0.4, -0.2) is 68.2 Å². The molecule has 3 atom stereocenters. The summed E-state index contributed by atoms with van der Waals surface area (Å²) in [7, 11) is -3.39. The number of hydrogen-bond acceptors (Lipinski definition) is 8. The maximum atomic E-state index is 13.0. The Bertz CT molecular complexity index is 724. The second-order valence-corrected chi connectivity index (χ2v) is 10.0. The molecular weight excluding hydrogens is 479 g/mol. The number of hydrogen-bond donors (Lipinski definition) is 4. The van der Waals surface area contributed by atoms with Crippen molar-refractivity contribution < 1.29 is 37.5 Å². The fraction of sp³-hybridized carbons (Fsp3) is 0.818. The van der Waals surface area contributed by atoms with E-state index in [4.69, 9.17) is 13.8 Å². The van der Waals surface area contributed by atoms with Gasteiger partial charge >= 0.3 is 13.7 Å². The van der Waals surface area contributed by atoms with Gasteiger partial charge in [-0.1, -0.05) is 13.8 Å². The van der Waals surface area contributed by atoms with E-state index in [9.17, 15) is 23.7 Å². The van der Waals surface area contributed by atoms with Crippen LogP contribution in [0, 0.1) is 5.92 Å². The molecule has 204 valence electrons. The minimum atomic E-state index is -3.39. The molecule has 0 radical (unpaired) electrons. The average molecular weight is 523 g/mol. The van der Waals surface area contributed by atoms with Gasteiger partial charge in [-0.15, -0.1) is 0 Å². The van der Waals surface area contributed by atoms with Gasteiger partial charge in [0.05, 0.1) is 19.8 Å². The fourth-order valence-electron chi connectivity index (χ4n) is 3.08. The third-order valence-corrected chi connectivity index (χ3v) is 6.58. The first-order valence-corrected chi connectivity index (χ1v) is 13.6. The molecular formula is C22H43N4O8P. The van der Waals surface area contributed by atoms with Gasteiger partial charge in [-0.2, -0.15) is 0 Å². The van der Waals surface area contributed by atoms with E-state index in [1.807, 2.05) is 0 Å². The summed E-state index contributed by atoms with van der Waals surface area (Å²) in [6, 6.07) is -2.68. The van der Waals surface area contributed by atoms with Crippen LogP contribution in [0.3, 0.4) is 0 Å². The van der Waals surface area contributed by atoms with Crippen LogP contribution in [0.4, 0.5) is 0 Å². The van der Waals surface area contributed by atoms with Crippen LogP contribution in [0.1, 0.15) is 67.7 Å². The van der Waals surface area contributed by atoms with E-state index in [1.54, 1.807) is 34.6 Å². The van der Waals surface area contributed by atoms with Crippen LogP contribution >= 0.6 is 7.75 Å². The number of carbonyl (C=O) groups is 4. The predicted molar refractivity (Wildman–Crippen MR) is 131 cm³/mol. The summed E-state index contributed by atoms with van der Waals surface area (Å²) < 4.78 is 27.9. The Morgan fingerprint density at radius 2 is 1.43 bits per heavy atom. The van der Waals surface area contributed by atoms with Crippen molar-refractivity contribution in [2.24, 2.45) is 5.92 Å². The minimum absolute atomic E-state index is 0.173. The zero-order chi connectivity index (χ0) is 27.0. The van der Waals surface area contributed by atoms with Gasteiger partial charge in [-0.3, -0.25) is 23.4 Å². The molecule has 0 unspecified atom stereocenters. The molecule has 0 bridgehead atoms. The highest BCUT2D eigenvalue weighted by molar-refractivity contribution is 7.51. The summed E-state index contributed by atoms with van der Waals surface area (Å²) in [5, 5.41) is 10.6. The molecule has 35 heavy (non-hydrogen) atoms. The first-order valence-electron chi connectivity index (χ1n) is 12.1. The summed E-state index contributed by atoms with van der Waals surface area (Å²) in [4.78, 5) is 49.1. The van der Waals surface area contributed by atoms with Gasteiger partial charge in [0, 0.05) is 13.5 Å². The topological polar surface area (TPSA) is 161 Å². The SMILES string of the molecule is CCOC(=O)[C@H](NC(=O)[C@@H](CCCCNP(=O)(OCC)OCC)NC(=O)[C@@H](C)NC(C)=O)C(C)C. The molecule has 0 aromatic carbocycles. The third-order valence-electron chi connectivity index (χ3n) is 4.77. The number of rotatable bonds is 18. The molecule has 4 N–H and O–H groups in total. The number of ether oxygens (including phenoxy) is 1. The lowest BCUT2D eigenvalue weighted by molar-refractivity contribution is -0.149. The Morgan fingerprint density at radius 1 is 0.829 bits per heavy atom. The smallest absolute Gasteiger partial charge is 0.405 e. The van der Waals surface area contributed by atoms with Crippen molar-refractivity contribution in [3.8, 4) is 0 Å². The Labute approximate surface area is 208 Å². The van der Waals surface area contributed by atoms with Crippen molar-refractivity contribution in [3.05, 3.63) is 0 Å².